The number of aliphatic carboxylic acids is 1. The molecule has 6 nitrogen and oxygen atoms in total. The molecule has 0 radical (unpaired) electrons. The highest BCUT2D eigenvalue weighted by Gasteiger charge is 2.42. The Kier molecular flexibility index (Phi) is 2.82. The summed E-state index contributed by atoms with van der Waals surface area (Å²) in [6, 6.07) is 3.33. The molecule has 0 unspecified atom stereocenters. The molecule has 1 N–H and O–H groups in total. The summed E-state index contributed by atoms with van der Waals surface area (Å²) >= 11 is 0. The van der Waals surface area contributed by atoms with Crippen LogP contribution in [0.15, 0.2) is 9.98 Å². The van der Waals surface area contributed by atoms with Crippen molar-refractivity contribution in [2.45, 2.75) is 25.4 Å². The lowest BCUT2D eigenvalue weighted by Crippen LogP contribution is -2.32. The number of rotatable bonds is 3. The smallest absolute Gasteiger partial charge is 0.354 e. The maximum Gasteiger partial charge on any atom is 0.354 e. The van der Waals surface area contributed by atoms with Gasteiger partial charge in [-0.1, -0.05) is 13.3 Å². The first-order valence-corrected chi connectivity index (χ1v) is 4.33. The van der Waals surface area contributed by atoms with Crippen LogP contribution >= 0.6 is 0 Å². The van der Waals surface area contributed by atoms with Crippen molar-refractivity contribution in [3.8, 4) is 12.1 Å². The fourth-order valence-electron chi connectivity index (χ4n) is 1.32. The van der Waals surface area contributed by atoms with Crippen molar-refractivity contribution in [3.63, 3.8) is 0 Å². The number of nitrogens with zero attached hydrogens (tertiary/aromatic N) is 4. The third-order valence-electron chi connectivity index (χ3n) is 1.97. The molecule has 0 saturated heterocycles. The molecule has 0 saturated carbocycles. The number of aliphatic imine (C=N–C) groups is 2. The zero-order valence-electron chi connectivity index (χ0n) is 8.06. The summed E-state index contributed by atoms with van der Waals surface area (Å²) < 4.78 is 0. The Hall–Kier alpha value is -2.21. The molecular weight excluding hydrogens is 196 g/mol. The summed E-state index contributed by atoms with van der Waals surface area (Å²) in [6.07, 6.45) is 0.732. The highest BCUT2D eigenvalue weighted by Crippen LogP contribution is 2.25. The number of carbonyl (C=O) groups is 1. The number of carboxylic acids is 1. The second-order valence-corrected chi connectivity index (χ2v) is 3.02. The molecule has 0 bridgehead atoms. The Balaban J connectivity index is 3.24. The summed E-state index contributed by atoms with van der Waals surface area (Å²) in [4.78, 5) is 18.4. The Morgan fingerprint density at radius 3 is 2.13 bits per heavy atom. The van der Waals surface area contributed by atoms with E-state index in [0.29, 0.717) is 6.42 Å². The van der Waals surface area contributed by atoms with Gasteiger partial charge >= 0.3 is 5.97 Å². The van der Waals surface area contributed by atoms with Crippen LogP contribution in [0.1, 0.15) is 19.8 Å². The van der Waals surface area contributed by atoms with E-state index >= 15 is 0 Å². The summed E-state index contributed by atoms with van der Waals surface area (Å²) in [7, 11) is 0. The van der Waals surface area contributed by atoms with Gasteiger partial charge in [0.05, 0.1) is 0 Å². The molecule has 0 atom stereocenters. The summed E-state index contributed by atoms with van der Waals surface area (Å²) in [5.74, 6) is -1.23. The van der Waals surface area contributed by atoms with Gasteiger partial charge in [0.25, 0.3) is 0 Å². The van der Waals surface area contributed by atoms with Crippen molar-refractivity contribution in [2.75, 3.05) is 0 Å². The predicted molar refractivity (Wildman–Crippen MR) is 51.4 cm³/mol. The van der Waals surface area contributed by atoms with Crippen LogP contribution in [0.25, 0.3) is 0 Å². The van der Waals surface area contributed by atoms with Crippen LogP contribution < -0.4 is 0 Å². The average Bonchev–Trinajstić information content (AvgIpc) is 2.58. The largest absolute Gasteiger partial charge is 0.478 e. The van der Waals surface area contributed by atoms with Crippen LogP contribution in [0.3, 0.4) is 0 Å². The van der Waals surface area contributed by atoms with Crippen LogP contribution in [0.4, 0.5) is 0 Å². The maximum atomic E-state index is 11.0. The van der Waals surface area contributed by atoms with Crippen LogP contribution in [-0.2, 0) is 4.79 Å². The zero-order chi connectivity index (χ0) is 11.5. The number of nitriles is 2. The first kappa shape index (κ1) is 10.9. The third kappa shape index (κ3) is 1.70. The lowest BCUT2D eigenvalue weighted by molar-refractivity contribution is -0.143. The molecule has 0 amide bonds. The Bertz CT molecular complexity index is 406. The van der Waals surface area contributed by atoms with Crippen LogP contribution in [0.2, 0.25) is 0 Å². The lowest BCUT2D eigenvalue weighted by Gasteiger charge is -2.15. The van der Waals surface area contributed by atoms with Gasteiger partial charge in [-0.15, -0.1) is 0 Å². The molecule has 0 aliphatic carbocycles. The van der Waals surface area contributed by atoms with E-state index in [4.69, 9.17) is 15.6 Å². The molecule has 0 aromatic heterocycles. The highest BCUT2D eigenvalue weighted by molar-refractivity contribution is 6.54. The van der Waals surface area contributed by atoms with Crippen LogP contribution in [0.5, 0.6) is 0 Å². The van der Waals surface area contributed by atoms with Gasteiger partial charge in [-0.25, -0.2) is 14.8 Å². The molecule has 1 rings (SSSR count). The fraction of sp³-hybridized carbons (Fsp3) is 0.444. The van der Waals surface area contributed by atoms with Crippen molar-refractivity contribution in [1.82, 2.24) is 0 Å². The molecule has 6 heteroatoms. The molecule has 1 aliphatic heterocycles. The van der Waals surface area contributed by atoms with E-state index in [2.05, 4.69) is 9.98 Å². The van der Waals surface area contributed by atoms with Gasteiger partial charge in [0.1, 0.15) is 12.1 Å². The standard InChI is InChI=1S/C9H8N4O2/c1-2-3-9(8(14)15)12-6(4-10)7(5-11)13-9/h2-3H2,1H3,(H,14,15). The van der Waals surface area contributed by atoms with E-state index < -0.39 is 11.6 Å². The minimum atomic E-state index is -1.66. The summed E-state index contributed by atoms with van der Waals surface area (Å²) in [5.41, 5.74) is -2.06. The lowest BCUT2D eigenvalue weighted by atomic mass is 10.1. The van der Waals surface area contributed by atoms with E-state index in [1.165, 1.54) is 0 Å². The first-order valence-electron chi connectivity index (χ1n) is 4.33. The van der Waals surface area contributed by atoms with E-state index in [-0.39, 0.29) is 17.8 Å². The van der Waals surface area contributed by atoms with Crippen molar-refractivity contribution in [1.29, 1.82) is 10.5 Å². The molecule has 0 spiro atoms. The second kappa shape index (κ2) is 3.89. The van der Waals surface area contributed by atoms with Gasteiger partial charge in [0.2, 0.25) is 5.66 Å². The van der Waals surface area contributed by atoms with Gasteiger partial charge in [-0.3, -0.25) is 0 Å². The zero-order valence-corrected chi connectivity index (χ0v) is 8.06. The average molecular weight is 204 g/mol. The Morgan fingerprint density at radius 2 is 1.87 bits per heavy atom. The van der Waals surface area contributed by atoms with Gasteiger partial charge in [-0.05, 0) is 0 Å². The maximum absolute atomic E-state index is 11.0. The van der Waals surface area contributed by atoms with Gasteiger partial charge in [0, 0.05) is 6.42 Å². The molecule has 0 aromatic rings. The molecule has 76 valence electrons. The van der Waals surface area contributed by atoms with Crippen molar-refractivity contribution >= 4 is 17.4 Å². The van der Waals surface area contributed by atoms with Gasteiger partial charge < -0.3 is 5.11 Å². The normalized spacial score (nSPS) is 17.3. The Morgan fingerprint density at radius 1 is 1.40 bits per heavy atom. The first-order chi connectivity index (χ1) is 7.09. The summed E-state index contributed by atoms with van der Waals surface area (Å²) in [6.45, 7) is 1.78. The molecule has 1 heterocycles. The van der Waals surface area contributed by atoms with E-state index in [1.54, 1.807) is 19.1 Å². The molecule has 15 heavy (non-hydrogen) atoms. The van der Waals surface area contributed by atoms with E-state index in [1.807, 2.05) is 0 Å². The van der Waals surface area contributed by atoms with E-state index in [9.17, 15) is 4.79 Å². The quantitative estimate of drug-likeness (QED) is 0.721. The minimum Gasteiger partial charge on any atom is -0.478 e. The monoisotopic (exact) mass is 204 g/mol. The molecule has 0 aromatic carbocycles. The van der Waals surface area contributed by atoms with Crippen molar-refractivity contribution < 1.29 is 9.90 Å². The molecule has 0 fully saturated rings. The van der Waals surface area contributed by atoms with Gasteiger partial charge in [0.15, 0.2) is 11.4 Å². The summed E-state index contributed by atoms with van der Waals surface area (Å²) in [5, 5.41) is 26.3. The SMILES string of the molecule is CCCC1(C(=O)O)N=C(C#N)C(C#N)=N1. The molecule has 1 aliphatic rings. The Labute approximate surface area is 86.2 Å². The van der Waals surface area contributed by atoms with E-state index in [0.717, 1.165) is 0 Å². The topological polar surface area (TPSA) is 110 Å². The molecular formula is C9H8N4O2. The second-order valence-electron chi connectivity index (χ2n) is 3.02. The van der Waals surface area contributed by atoms with Crippen molar-refractivity contribution in [2.24, 2.45) is 9.98 Å². The van der Waals surface area contributed by atoms with Crippen LogP contribution in [0, 0.1) is 22.7 Å². The minimum absolute atomic E-state index is 0.179. The fourth-order valence-corrected chi connectivity index (χ4v) is 1.32. The van der Waals surface area contributed by atoms with Gasteiger partial charge in [-0.2, -0.15) is 10.5 Å². The highest BCUT2D eigenvalue weighted by atomic mass is 16.4. The predicted octanol–water partition coefficient (Wildman–Crippen LogP) is 0.510. The van der Waals surface area contributed by atoms with Crippen LogP contribution in [-0.4, -0.2) is 28.2 Å². The number of hydrogen-bond donors (Lipinski definition) is 1. The number of carboxylic acid groups (broad SMARTS) is 1. The third-order valence-corrected chi connectivity index (χ3v) is 1.97. The van der Waals surface area contributed by atoms with Crippen molar-refractivity contribution in [3.05, 3.63) is 0 Å². The number of hydrogen-bond acceptors (Lipinski definition) is 5.